The summed E-state index contributed by atoms with van der Waals surface area (Å²) in [4.78, 5) is 4.56. The molecule has 0 saturated heterocycles. The highest BCUT2D eigenvalue weighted by molar-refractivity contribution is 5.32. The van der Waals surface area contributed by atoms with Crippen LogP contribution in [0.2, 0.25) is 0 Å². The molecule has 2 heteroatoms. The Morgan fingerprint density at radius 3 is 2.73 bits per heavy atom. The third-order valence-electron chi connectivity index (χ3n) is 1.96. The summed E-state index contributed by atoms with van der Waals surface area (Å²) in [6.07, 6.45) is 0. The zero-order valence-electron chi connectivity index (χ0n) is 6.92. The van der Waals surface area contributed by atoms with Gasteiger partial charge < -0.3 is 0 Å². The van der Waals surface area contributed by atoms with Crippen molar-refractivity contribution in [3.05, 3.63) is 34.9 Å². The molecule has 0 atom stereocenters. The van der Waals surface area contributed by atoms with Gasteiger partial charge in [-0.2, -0.15) is 0 Å². The van der Waals surface area contributed by atoms with E-state index in [1.165, 1.54) is 11.1 Å². The molecule has 11 heavy (non-hydrogen) atoms. The zero-order chi connectivity index (χ0) is 8.27. The van der Waals surface area contributed by atoms with Crippen molar-refractivity contribution in [3.63, 3.8) is 0 Å². The van der Waals surface area contributed by atoms with Gasteiger partial charge in [-0.15, -0.1) is 0 Å². The van der Waals surface area contributed by atoms with Crippen molar-refractivity contribution >= 4 is 0 Å². The van der Waals surface area contributed by atoms with E-state index in [0.717, 1.165) is 5.56 Å². The summed E-state index contributed by atoms with van der Waals surface area (Å²) in [6, 6.07) is 6.11. The molecule has 0 fully saturated rings. The maximum Gasteiger partial charge on any atom is 0.0932 e. The molecule has 0 aliphatic carbocycles. The summed E-state index contributed by atoms with van der Waals surface area (Å²) in [6.45, 7) is 4.65. The van der Waals surface area contributed by atoms with Gasteiger partial charge in [0.05, 0.1) is 6.61 Å². The molecular weight excluding hydrogens is 138 g/mol. The SMILES string of the molecule is Cc1cccc(CON)c1C. The molecule has 2 N–H and O–H groups in total. The second-order valence-corrected chi connectivity index (χ2v) is 2.67. The van der Waals surface area contributed by atoms with E-state index in [1.54, 1.807) is 0 Å². The van der Waals surface area contributed by atoms with E-state index in [2.05, 4.69) is 24.8 Å². The number of rotatable bonds is 2. The molecule has 0 bridgehead atoms. The fourth-order valence-corrected chi connectivity index (χ4v) is 1.06. The average Bonchev–Trinajstić information content (AvgIpc) is 1.99. The first kappa shape index (κ1) is 8.24. The predicted molar refractivity (Wildman–Crippen MR) is 44.9 cm³/mol. The molecule has 0 heterocycles. The summed E-state index contributed by atoms with van der Waals surface area (Å²) in [7, 11) is 0. The lowest BCUT2D eigenvalue weighted by atomic mass is 10.0. The van der Waals surface area contributed by atoms with Crippen LogP contribution in [0.4, 0.5) is 0 Å². The van der Waals surface area contributed by atoms with Crippen molar-refractivity contribution < 1.29 is 4.84 Å². The highest BCUT2D eigenvalue weighted by Crippen LogP contribution is 2.12. The van der Waals surface area contributed by atoms with Crippen LogP contribution in [0.5, 0.6) is 0 Å². The van der Waals surface area contributed by atoms with Crippen LogP contribution < -0.4 is 5.90 Å². The van der Waals surface area contributed by atoms with Gasteiger partial charge in [-0.25, -0.2) is 5.90 Å². The molecule has 0 amide bonds. The van der Waals surface area contributed by atoms with Crippen LogP contribution in [0.15, 0.2) is 18.2 Å². The summed E-state index contributed by atoms with van der Waals surface area (Å²) in [5, 5.41) is 0. The standard InChI is InChI=1S/C9H13NO/c1-7-4-3-5-9(6-11-10)8(7)2/h3-5H,6,10H2,1-2H3. The third kappa shape index (κ3) is 1.79. The molecular formula is C9H13NO. The Bertz CT molecular complexity index is 245. The van der Waals surface area contributed by atoms with Gasteiger partial charge in [-0.3, -0.25) is 4.84 Å². The molecule has 1 rings (SSSR count). The third-order valence-corrected chi connectivity index (χ3v) is 1.96. The lowest BCUT2D eigenvalue weighted by Gasteiger charge is -2.05. The largest absolute Gasteiger partial charge is 0.300 e. The van der Waals surface area contributed by atoms with Crippen LogP contribution in [0.1, 0.15) is 16.7 Å². The first-order chi connectivity index (χ1) is 5.25. The van der Waals surface area contributed by atoms with E-state index >= 15 is 0 Å². The number of benzene rings is 1. The normalized spacial score (nSPS) is 10.1. The van der Waals surface area contributed by atoms with Crippen LogP contribution in [0.25, 0.3) is 0 Å². The van der Waals surface area contributed by atoms with Gasteiger partial charge in [-0.05, 0) is 30.5 Å². The fourth-order valence-electron chi connectivity index (χ4n) is 1.06. The Hall–Kier alpha value is -0.860. The molecule has 0 saturated carbocycles. The van der Waals surface area contributed by atoms with Gasteiger partial charge in [-0.1, -0.05) is 18.2 Å². The fraction of sp³-hybridized carbons (Fsp3) is 0.333. The Balaban J connectivity index is 2.96. The molecule has 2 nitrogen and oxygen atoms in total. The molecule has 60 valence electrons. The predicted octanol–water partition coefficient (Wildman–Crippen LogP) is 1.69. The molecule has 0 unspecified atom stereocenters. The van der Waals surface area contributed by atoms with Crippen molar-refractivity contribution in [1.82, 2.24) is 0 Å². The van der Waals surface area contributed by atoms with Gasteiger partial charge >= 0.3 is 0 Å². The van der Waals surface area contributed by atoms with E-state index in [0.29, 0.717) is 6.61 Å². The van der Waals surface area contributed by atoms with Gasteiger partial charge in [0.25, 0.3) is 0 Å². The summed E-state index contributed by atoms with van der Waals surface area (Å²) in [5.74, 6) is 4.98. The molecule has 0 aromatic heterocycles. The Labute approximate surface area is 66.9 Å². The van der Waals surface area contributed by atoms with Crippen LogP contribution >= 0.6 is 0 Å². The van der Waals surface area contributed by atoms with E-state index in [9.17, 15) is 0 Å². The molecule has 0 aliphatic heterocycles. The number of hydrogen-bond donors (Lipinski definition) is 1. The van der Waals surface area contributed by atoms with Crippen LogP contribution in [-0.4, -0.2) is 0 Å². The molecule has 1 aromatic rings. The van der Waals surface area contributed by atoms with Crippen molar-refractivity contribution in [2.24, 2.45) is 5.90 Å². The van der Waals surface area contributed by atoms with Crippen LogP contribution in [-0.2, 0) is 11.4 Å². The van der Waals surface area contributed by atoms with E-state index in [1.807, 2.05) is 12.1 Å². The van der Waals surface area contributed by atoms with Gasteiger partial charge in [0.15, 0.2) is 0 Å². The van der Waals surface area contributed by atoms with Crippen LogP contribution in [0, 0.1) is 13.8 Å². The number of aryl methyl sites for hydroxylation is 1. The van der Waals surface area contributed by atoms with Crippen molar-refractivity contribution in [3.8, 4) is 0 Å². The summed E-state index contributed by atoms with van der Waals surface area (Å²) >= 11 is 0. The Morgan fingerprint density at radius 2 is 2.09 bits per heavy atom. The number of nitrogens with two attached hydrogens (primary N) is 1. The van der Waals surface area contributed by atoms with E-state index < -0.39 is 0 Å². The minimum atomic E-state index is 0.494. The molecule has 0 spiro atoms. The molecule has 0 aliphatic rings. The molecule has 1 aromatic carbocycles. The second kappa shape index (κ2) is 3.51. The van der Waals surface area contributed by atoms with E-state index in [4.69, 9.17) is 5.90 Å². The van der Waals surface area contributed by atoms with Gasteiger partial charge in [0.1, 0.15) is 0 Å². The second-order valence-electron chi connectivity index (χ2n) is 2.67. The zero-order valence-corrected chi connectivity index (χ0v) is 6.92. The monoisotopic (exact) mass is 151 g/mol. The first-order valence-electron chi connectivity index (χ1n) is 3.62. The number of hydrogen-bond acceptors (Lipinski definition) is 2. The lowest BCUT2D eigenvalue weighted by Crippen LogP contribution is -2.01. The highest BCUT2D eigenvalue weighted by Gasteiger charge is 1.98. The highest BCUT2D eigenvalue weighted by atomic mass is 16.6. The summed E-state index contributed by atoms with van der Waals surface area (Å²) < 4.78 is 0. The lowest BCUT2D eigenvalue weighted by molar-refractivity contribution is 0.123. The van der Waals surface area contributed by atoms with Gasteiger partial charge in [0.2, 0.25) is 0 Å². The minimum absolute atomic E-state index is 0.494. The summed E-state index contributed by atoms with van der Waals surface area (Å²) in [5.41, 5.74) is 3.70. The quantitative estimate of drug-likeness (QED) is 0.653. The molecule has 0 radical (unpaired) electrons. The maximum absolute atomic E-state index is 4.98. The van der Waals surface area contributed by atoms with Crippen molar-refractivity contribution in [2.45, 2.75) is 20.5 Å². The van der Waals surface area contributed by atoms with E-state index in [-0.39, 0.29) is 0 Å². The van der Waals surface area contributed by atoms with Gasteiger partial charge in [0, 0.05) is 0 Å². The van der Waals surface area contributed by atoms with Crippen LogP contribution in [0.3, 0.4) is 0 Å². The first-order valence-corrected chi connectivity index (χ1v) is 3.62. The average molecular weight is 151 g/mol. The topological polar surface area (TPSA) is 35.2 Å². The minimum Gasteiger partial charge on any atom is -0.300 e. The van der Waals surface area contributed by atoms with Crippen molar-refractivity contribution in [2.75, 3.05) is 0 Å². The maximum atomic E-state index is 4.98. The van der Waals surface area contributed by atoms with Crippen molar-refractivity contribution in [1.29, 1.82) is 0 Å². The smallest absolute Gasteiger partial charge is 0.0932 e. The Morgan fingerprint density at radius 1 is 1.36 bits per heavy atom. The Kier molecular flexibility index (Phi) is 2.63.